The molecule has 0 heterocycles. The largest absolute Gasteiger partial charge is 0.297 e. The predicted molar refractivity (Wildman–Crippen MR) is 81.6 cm³/mol. The molecule has 0 spiro atoms. The summed E-state index contributed by atoms with van der Waals surface area (Å²) in [6, 6.07) is 6.55. The maximum atomic E-state index is 12.1. The molecule has 5 heteroatoms. The van der Waals surface area contributed by atoms with Crippen LogP contribution in [0.15, 0.2) is 41.3 Å². The van der Waals surface area contributed by atoms with E-state index < -0.39 is 24.8 Å². The number of hydrogen-bond acceptors (Lipinski definition) is 3. The van der Waals surface area contributed by atoms with Gasteiger partial charge < -0.3 is 0 Å². The molecule has 0 aromatic heterocycles. The molecule has 0 saturated carbocycles. The van der Waals surface area contributed by atoms with Gasteiger partial charge in [0.05, 0.1) is 14.2 Å². The van der Waals surface area contributed by atoms with Crippen molar-refractivity contribution in [2.24, 2.45) is 0 Å². The lowest BCUT2D eigenvalue weighted by atomic mass is 10.2. The average Bonchev–Trinajstić information content (AvgIpc) is 2.25. The van der Waals surface area contributed by atoms with Gasteiger partial charge in [-0.2, -0.15) is 8.42 Å². The molecule has 19 heavy (non-hydrogen) atoms. The van der Waals surface area contributed by atoms with E-state index >= 15 is 0 Å². The van der Waals surface area contributed by atoms with E-state index in [9.17, 15) is 8.42 Å². The van der Waals surface area contributed by atoms with Crippen LogP contribution in [-0.2, 0) is 14.3 Å². The number of aryl methyl sites for hydroxylation is 1. The van der Waals surface area contributed by atoms with Gasteiger partial charge in [0.2, 0.25) is 0 Å². The quantitative estimate of drug-likeness (QED) is 0.458. The van der Waals surface area contributed by atoms with Gasteiger partial charge in [0.15, 0.2) is 0 Å². The summed E-state index contributed by atoms with van der Waals surface area (Å²) in [5.41, 5.74) is 1.08. The Hall–Kier alpha value is -0.913. The van der Waals surface area contributed by atoms with Crippen molar-refractivity contribution in [3.63, 3.8) is 0 Å². The molecule has 0 atom stereocenters. The van der Waals surface area contributed by atoms with Crippen LogP contribution in [0.4, 0.5) is 0 Å². The highest BCUT2D eigenvalue weighted by atomic mass is 32.2. The summed E-state index contributed by atoms with van der Waals surface area (Å²) in [5.74, 6) is 0. The molecule has 3 nitrogen and oxygen atoms in total. The van der Waals surface area contributed by atoms with Crippen LogP contribution in [-0.4, -0.2) is 23.1 Å². The first kappa shape index (κ1) is 13.1. The summed E-state index contributed by atoms with van der Waals surface area (Å²) in [6.07, 6.45) is 0. The van der Waals surface area contributed by atoms with Gasteiger partial charge in [-0.05, 0) is 25.1 Å². The summed E-state index contributed by atoms with van der Waals surface area (Å²) < 4.78 is 44.8. The fourth-order valence-corrected chi connectivity index (χ4v) is 3.69. The van der Waals surface area contributed by atoms with Crippen molar-refractivity contribution in [1.29, 1.82) is 0 Å². The van der Waals surface area contributed by atoms with Gasteiger partial charge in [0.1, 0.15) is 0 Å². The van der Waals surface area contributed by atoms with Crippen LogP contribution >= 0.6 is 0 Å². The molecule has 0 saturated heterocycles. The van der Waals surface area contributed by atoms with Gasteiger partial charge in [-0.3, -0.25) is 4.18 Å². The van der Waals surface area contributed by atoms with Crippen molar-refractivity contribution in [2.75, 3.05) is 6.56 Å². The fourth-order valence-electron chi connectivity index (χ4n) is 1.54. The average molecular weight is 300 g/mol. The standard InChI is InChI=1S/C14H22O3SSi/c1-12-6-8-14(9-7-12)18(15,16)17-10-13(2)11-19(3,4)5/h6-9H,2,10-11H2,1,3-5H3/i10D2. The van der Waals surface area contributed by atoms with Gasteiger partial charge in [0, 0.05) is 8.07 Å². The summed E-state index contributed by atoms with van der Waals surface area (Å²) >= 11 is 0. The third-order valence-electron chi connectivity index (χ3n) is 2.35. The van der Waals surface area contributed by atoms with E-state index in [0.29, 0.717) is 6.04 Å². The van der Waals surface area contributed by atoms with Crippen LogP contribution in [0.1, 0.15) is 8.30 Å². The lowest BCUT2D eigenvalue weighted by Crippen LogP contribution is -2.21. The molecule has 0 unspecified atom stereocenters. The molecule has 0 aliphatic rings. The molecule has 106 valence electrons. The molecule has 1 aromatic carbocycles. The van der Waals surface area contributed by atoms with Crippen LogP contribution in [0.5, 0.6) is 0 Å². The molecular formula is C14H22O3SSi. The van der Waals surface area contributed by atoms with Crippen LogP contribution in [0.3, 0.4) is 0 Å². The van der Waals surface area contributed by atoms with E-state index in [1.165, 1.54) is 12.1 Å². The van der Waals surface area contributed by atoms with Crippen molar-refractivity contribution in [3.05, 3.63) is 42.0 Å². The lowest BCUT2D eigenvalue weighted by Gasteiger charge is -2.17. The molecule has 0 bridgehead atoms. The second-order valence-corrected chi connectivity index (χ2v) is 12.8. The Morgan fingerprint density at radius 3 is 2.32 bits per heavy atom. The normalized spacial score (nSPS) is 14.7. The van der Waals surface area contributed by atoms with E-state index in [1.807, 2.05) is 6.92 Å². The molecule has 1 aromatic rings. The van der Waals surface area contributed by atoms with Crippen LogP contribution in [0.25, 0.3) is 0 Å². The molecule has 0 aliphatic heterocycles. The summed E-state index contributed by atoms with van der Waals surface area (Å²) in [5, 5.41) is 0. The minimum atomic E-state index is -4.16. The second-order valence-electron chi connectivity index (χ2n) is 5.79. The second kappa shape index (κ2) is 6.03. The van der Waals surface area contributed by atoms with Crippen molar-refractivity contribution in [2.45, 2.75) is 37.5 Å². The maximum absolute atomic E-state index is 12.1. The zero-order chi connectivity index (χ0) is 16.5. The first-order valence-corrected chi connectivity index (χ1v) is 11.2. The van der Waals surface area contributed by atoms with E-state index in [-0.39, 0.29) is 10.5 Å². The SMILES string of the molecule is [2H]C([2H])(OS(=O)(=O)c1ccc(C)cc1)C(=C)C[Si](C)(C)C. The van der Waals surface area contributed by atoms with E-state index in [4.69, 9.17) is 6.92 Å². The fraction of sp³-hybridized carbons (Fsp3) is 0.429. The van der Waals surface area contributed by atoms with Gasteiger partial charge in [-0.1, -0.05) is 49.5 Å². The molecule has 0 amide bonds. The van der Waals surface area contributed by atoms with E-state index in [2.05, 4.69) is 26.2 Å². The Kier molecular flexibility index (Phi) is 4.15. The van der Waals surface area contributed by atoms with Gasteiger partial charge in [0.25, 0.3) is 10.1 Å². The molecule has 0 radical (unpaired) electrons. The summed E-state index contributed by atoms with van der Waals surface area (Å²) in [7, 11) is -5.76. The predicted octanol–water partition coefficient (Wildman–Crippen LogP) is 3.59. The number of benzene rings is 1. The van der Waals surface area contributed by atoms with Gasteiger partial charge in [-0.25, -0.2) is 0 Å². The van der Waals surface area contributed by atoms with Gasteiger partial charge in [-0.15, -0.1) is 0 Å². The van der Waals surface area contributed by atoms with Crippen molar-refractivity contribution < 1.29 is 15.3 Å². The minimum Gasteiger partial charge on any atom is -0.262 e. The van der Waals surface area contributed by atoms with Gasteiger partial charge >= 0.3 is 0 Å². The first-order valence-electron chi connectivity index (χ1n) is 7.04. The smallest absolute Gasteiger partial charge is 0.262 e. The number of hydrogen-bond donors (Lipinski definition) is 0. The first-order chi connectivity index (χ1) is 9.33. The molecule has 0 fully saturated rings. The van der Waals surface area contributed by atoms with E-state index in [1.54, 1.807) is 12.1 Å². The molecular weight excluding hydrogens is 276 g/mol. The third-order valence-corrected chi connectivity index (χ3v) is 4.99. The Labute approximate surface area is 120 Å². The minimum absolute atomic E-state index is 0.0576. The highest BCUT2D eigenvalue weighted by Crippen LogP contribution is 2.18. The van der Waals surface area contributed by atoms with Crippen LogP contribution in [0.2, 0.25) is 25.7 Å². The van der Waals surface area contributed by atoms with Crippen molar-refractivity contribution in [3.8, 4) is 0 Å². The topological polar surface area (TPSA) is 43.4 Å². The lowest BCUT2D eigenvalue weighted by molar-refractivity contribution is 0.348. The number of rotatable bonds is 6. The van der Waals surface area contributed by atoms with Crippen LogP contribution in [0, 0.1) is 6.92 Å². The zero-order valence-corrected chi connectivity index (χ0v) is 13.7. The molecule has 0 N–H and O–H groups in total. The molecule has 0 aliphatic carbocycles. The Morgan fingerprint density at radius 1 is 1.32 bits per heavy atom. The highest BCUT2D eigenvalue weighted by Gasteiger charge is 2.18. The third kappa shape index (κ3) is 5.72. The molecule has 1 rings (SSSR count). The summed E-state index contributed by atoms with van der Waals surface area (Å²) in [4.78, 5) is -0.0576. The van der Waals surface area contributed by atoms with Crippen molar-refractivity contribution in [1.82, 2.24) is 0 Å². The Balaban J connectivity index is 2.96. The van der Waals surface area contributed by atoms with Crippen LogP contribution < -0.4 is 0 Å². The Bertz CT molecular complexity index is 617. The van der Waals surface area contributed by atoms with E-state index in [0.717, 1.165) is 5.56 Å². The monoisotopic (exact) mass is 300 g/mol. The maximum Gasteiger partial charge on any atom is 0.297 e. The summed E-state index contributed by atoms with van der Waals surface area (Å²) in [6.45, 7) is 9.29. The Morgan fingerprint density at radius 2 is 1.84 bits per heavy atom. The highest BCUT2D eigenvalue weighted by molar-refractivity contribution is 7.86. The zero-order valence-electron chi connectivity index (χ0n) is 13.9. The van der Waals surface area contributed by atoms with Crippen molar-refractivity contribution >= 4 is 18.2 Å².